The van der Waals surface area contributed by atoms with Crippen LogP contribution in [0.25, 0.3) is 0 Å². The molecular weight excluding hydrogens is 920 g/mol. The smallest absolute Gasteiger partial charge is 0.457 e. The van der Waals surface area contributed by atoms with Crippen LogP contribution >= 0.6 is 7.82 Å². The van der Waals surface area contributed by atoms with Gasteiger partial charge in [0.25, 0.3) is 0 Å². The molecule has 0 bridgehead atoms. The van der Waals surface area contributed by atoms with Gasteiger partial charge in [0.15, 0.2) is 0 Å². The summed E-state index contributed by atoms with van der Waals surface area (Å²) < 4.78 is 34.4. The Morgan fingerprint density at radius 1 is 0.465 bits per heavy atom. The zero-order chi connectivity index (χ0) is 51.9. The molecule has 12 nitrogen and oxygen atoms in total. The molecule has 1 saturated carbocycles. The second kappa shape index (κ2) is 48.0. The van der Waals surface area contributed by atoms with Crippen LogP contribution < -0.4 is 0 Å². The van der Waals surface area contributed by atoms with Gasteiger partial charge in [-0.15, -0.1) is 0 Å². The predicted octanol–water partition coefficient (Wildman–Crippen LogP) is 13.9. The molecule has 1 aliphatic carbocycles. The monoisotopic (exact) mass is 1030 g/mol. The number of rotatable bonds is 50. The van der Waals surface area contributed by atoms with Gasteiger partial charge in [0.2, 0.25) is 0 Å². The van der Waals surface area contributed by atoms with Gasteiger partial charge in [-0.25, -0.2) is 4.57 Å². The normalized spacial score (nSPS) is 21.1. The maximum Gasteiger partial charge on any atom is 0.472 e. The van der Waals surface area contributed by atoms with E-state index in [-0.39, 0.29) is 13.0 Å². The topological polar surface area (TPSA) is 192 Å². The van der Waals surface area contributed by atoms with E-state index >= 15 is 0 Å². The molecule has 6 atom stereocenters. The minimum atomic E-state index is -5.03. The molecule has 0 heterocycles. The zero-order valence-electron chi connectivity index (χ0n) is 45.0. The van der Waals surface area contributed by atoms with Crippen molar-refractivity contribution in [2.24, 2.45) is 0 Å². The molecule has 13 heteroatoms. The fraction of sp³-hybridized carbons (Fsp3) is 0.845. The fourth-order valence-corrected chi connectivity index (χ4v) is 9.91. The molecule has 0 aromatic carbocycles. The van der Waals surface area contributed by atoms with Gasteiger partial charge in [-0.1, -0.05) is 242 Å². The van der Waals surface area contributed by atoms with E-state index in [2.05, 4.69) is 62.5 Å². The predicted molar refractivity (Wildman–Crippen MR) is 290 cm³/mol. The van der Waals surface area contributed by atoms with Crippen LogP contribution in [0.2, 0.25) is 0 Å². The molecule has 416 valence electrons. The van der Waals surface area contributed by atoms with E-state index in [1.54, 1.807) is 0 Å². The van der Waals surface area contributed by atoms with Crippen LogP contribution in [0.15, 0.2) is 48.6 Å². The SMILES string of the molecule is CC/C=C\C/C=C\C/C=C\C/C=C\CCCCCCCCCCCCCOCC(COP(=O)(O)OC1C(O)C(O)C(O)C(O)C1O)OC(=O)CCCCCCCCCCCCCCCCCCCCCC. The highest BCUT2D eigenvalue weighted by Crippen LogP contribution is 2.47. The molecule has 0 aliphatic heterocycles. The van der Waals surface area contributed by atoms with Crippen molar-refractivity contribution < 1.29 is 58.3 Å². The molecule has 0 aromatic rings. The van der Waals surface area contributed by atoms with Crippen molar-refractivity contribution in [3.8, 4) is 0 Å². The van der Waals surface area contributed by atoms with E-state index < -0.39 is 63.1 Å². The molecule has 0 aromatic heterocycles. The highest BCUT2D eigenvalue weighted by Gasteiger charge is 2.51. The summed E-state index contributed by atoms with van der Waals surface area (Å²) in [6.07, 6.45) is 48.9. The minimum absolute atomic E-state index is 0.0767. The Morgan fingerprint density at radius 2 is 0.831 bits per heavy atom. The average molecular weight is 1030 g/mol. The summed E-state index contributed by atoms with van der Waals surface area (Å²) in [6, 6.07) is 0. The summed E-state index contributed by atoms with van der Waals surface area (Å²) in [5.41, 5.74) is 0. The third-order valence-corrected chi connectivity index (χ3v) is 14.5. The first-order valence-electron chi connectivity index (χ1n) is 29.0. The van der Waals surface area contributed by atoms with Crippen LogP contribution in [0.1, 0.15) is 251 Å². The fourth-order valence-electron chi connectivity index (χ4n) is 8.94. The van der Waals surface area contributed by atoms with Gasteiger partial charge in [-0.3, -0.25) is 13.8 Å². The number of esters is 1. The highest BCUT2D eigenvalue weighted by atomic mass is 31.2. The number of aliphatic hydroxyl groups is 5. The van der Waals surface area contributed by atoms with Gasteiger partial charge >= 0.3 is 13.8 Å². The Bertz CT molecular complexity index is 1360. The first-order valence-corrected chi connectivity index (χ1v) is 30.5. The first-order chi connectivity index (χ1) is 34.5. The van der Waals surface area contributed by atoms with E-state index in [1.807, 2.05) is 0 Å². The molecule has 6 N–H and O–H groups in total. The van der Waals surface area contributed by atoms with Crippen molar-refractivity contribution in [2.45, 2.75) is 294 Å². The maximum atomic E-state index is 12.9. The van der Waals surface area contributed by atoms with E-state index in [1.165, 1.54) is 154 Å². The number of phosphoric acid groups is 1. The van der Waals surface area contributed by atoms with E-state index in [0.717, 1.165) is 70.6 Å². The van der Waals surface area contributed by atoms with Crippen molar-refractivity contribution in [1.82, 2.24) is 0 Å². The number of aliphatic hydroxyl groups excluding tert-OH is 5. The van der Waals surface area contributed by atoms with E-state index in [4.69, 9.17) is 18.5 Å². The number of hydrogen-bond donors (Lipinski definition) is 6. The van der Waals surface area contributed by atoms with Gasteiger partial charge < -0.3 is 39.9 Å². The average Bonchev–Trinajstić information content (AvgIpc) is 3.36. The lowest BCUT2D eigenvalue weighted by Crippen LogP contribution is -2.64. The van der Waals surface area contributed by atoms with Crippen molar-refractivity contribution in [1.29, 1.82) is 0 Å². The van der Waals surface area contributed by atoms with Gasteiger partial charge in [-0.05, 0) is 51.4 Å². The van der Waals surface area contributed by atoms with Crippen molar-refractivity contribution >= 4 is 13.8 Å². The summed E-state index contributed by atoms with van der Waals surface area (Å²) in [5, 5.41) is 50.4. The summed E-state index contributed by atoms with van der Waals surface area (Å²) >= 11 is 0. The quantitative estimate of drug-likeness (QED) is 0.0146. The number of allylic oxidation sites excluding steroid dienone is 8. The largest absolute Gasteiger partial charge is 0.472 e. The standard InChI is InChI=1S/C58H107O12P/c1-3-5-7-9-11-13-15-17-19-21-23-25-26-27-28-30-32-34-36-38-40-42-44-46-48-67-49-51(50-68-71(65,66)70-58-56(63)54(61)53(60)55(62)57(58)64)69-52(59)47-45-43-41-39-37-35-33-31-29-24-22-20-18-16-14-12-10-8-6-4-2/h5,7,11,13,17,19,23,25,51,53-58,60-64H,3-4,6,8-10,12,14-16,18,20-22,24,26-50H2,1-2H3,(H,65,66)/b7-5-,13-11-,19-17-,25-23-. The molecule has 0 radical (unpaired) electrons. The Hall–Kier alpha value is -1.70. The summed E-state index contributed by atoms with van der Waals surface area (Å²) in [4.78, 5) is 23.3. The van der Waals surface area contributed by atoms with Crippen LogP contribution in [0.5, 0.6) is 0 Å². The van der Waals surface area contributed by atoms with Crippen molar-refractivity contribution in [2.75, 3.05) is 19.8 Å². The van der Waals surface area contributed by atoms with E-state index in [9.17, 15) is 39.8 Å². The lowest BCUT2D eigenvalue weighted by Gasteiger charge is -2.41. The Morgan fingerprint density at radius 3 is 1.27 bits per heavy atom. The molecule has 0 saturated heterocycles. The van der Waals surface area contributed by atoms with Crippen LogP contribution in [0, 0.1) is 0 Å². The molecule has 0 spiro atoms. The number of phosphoric ester groups is 1. The Balaban J connectivity index is 2.27. The van der Waals surface area contributed by atoms with Gasteiger partial charge in [-0.2, -0.15) is 0 Å². The van der Waals surface area contributed by atoms with Gasteiger partial charge in [0.05, 0.1) is 13.2 Å². The molecule has 1 aliphatic rings. The van der Waals surface area contributed by atoms with Crippen LogP contribution in [0.4, 0.5) is 0 Å². The zero-order valence-corrected chi connectivity index (χ0v) is 45.9. The van der Waals surface area contributed by atoms with Gasteiger partial charge in [0, 0.05) is 13.0 Å². The molecular formula is C58H107O12P. The number of hydrogen-bond acceptors (Lipinski definition) is 11. The van der Waals surface area contributed by atoms with E-state index in [0.29, 0.717) is 13.0 Å². The number of ether oxygens (including phenoxy) is 2. The molecule has 1 fully saturated rings. The van der Waals surface area contributed by atoms with Crippen LogP contribution in [-0.4, -0.2) is 98.9 Å². The molecule has 6 unspecified atom stereocenters. The summed E-state index contributed by atoms with van der Waals surface area (Å²) in [6.45, 7) is 4.19. The van der Waals surface area contributed by atoms with Crippen molar-refractivity contribution in [3.63, 3.8) is 0 Å². The lowest BCUT2D eigenvalue weighted by molar-refractivity contribution is -0.220. The number of carbonyl (C=O) groups excluding carboxylic acids is 1. The van der Waals surface area contributed by atoms with Crippen molar-refractivity contribution in [3.05, 3.63) is 48.6 Å². The third-order valence-electron chi connectivity index (χ3n) is 13.5. The highest BCUT2D eigenvalue weighted by molar-refractivity contribution is 7.47. The van der Waals surface area contributed by atoms with Crippen LogP contribution in [0.3, 0.4) is 0 Å². The number of unbranched alkanes of at least 4 members (excludes halogenated alkanes) is 30. The van der Waals surface area contributed by atoms with Crippen LogP contribution in [-0.2, 0) is 27.9 Å². The maximum absolute atomic E-state index is 12.9. The minimum Gasteiger partial charge on any atom is -0.457 e. The molecule has 71 heavy (non-hydrogen) atoms. The molecule has 0 amide bonds. The second-order valence-corrected chi connectivity index (χ2v) is 21.5. The summed E-state index contributed by atoms with van der Waals surface area (Å²) in [7, 11) is -5.03. The Labute approximate surface area is 433 Å². The Kier molecular flexibility index (Phi) is 45.5. The number of carbonyl (C=O) groups is 1. The lowest BCUT2D eigenvalue weighted by atomic mass is 9.85. The summed E-state index contributed by atoms with van der Waals surface area (Å²) in [5.74, 6) is -0.474. The van der Waals surface area contributed by atoms with Gasteiger partial charge in [0.1, 0.15) is 42.7 Å². The third kappa shape index (κ3) is 39.4. The first kappa shape index (κ1) is 67.3. The molecule has 1 rings (SSSR count). The second-order valence-electron chi connectivity index (χ2n) is 20.1.